The van der Waals surface area contributed by atoms with E-state index in [1.807, 2.05) is 0 Å². The van der Waals surface area contributed by atoms with Crippen LogP contribution in [0.5, 0.6) is 0 Å². The molecule has 0 fully saturated rings. The Morgan fingerprint density at radius 2 is 1.41 bits per heavy atom. The fraction of sp³-hybridized carbons (Fsp3) is 0.345. The highest BCUT2D eigenvalue weighted by Gasteiger charge is 2.46. The lowest BCUT2D eigenvalue weighted by atomic mass is 9.76. The van der Waals surface area contributed by atoms with Crippen molar-refractivity contribution in [1.29, 1.82) is 0 Å². The number of benzene rings is 5. The van der Waals surface area contributed by atoms with Crippen molar-refractivity contribution >= 4 is 51.9 Å². The smallest absolute Gasteiger partial charge is 0.304 e. The highest BCUT2D eigenvalue weighted by atomic mass is 28.3. The highest BCUT2D eigenvalue weighted by Crippen LogP contribution is 2.49. The fourth-order valence-electron chi connectivity index (χ4n) is 11.3. The summed E-state index contributed by atoms with van der Waals surface area (Å²) in [6.07, 6.45) is 5.33. The number of hydrogen-bond donors (Lipinski definition) is 0. The van der Waals surface area contributed by atoms with Gasteiger partial charge in [-0.2, -0.15) is 13.7 Å². The van der Waals surface area contributed by atoms with E-state index in [1.54, 1.807) is 5.19 Å². The van der Waals surface area contributed by atoms with Crippen LogP contribution in [0.4, 0.5) is 0 Å². The molecule has 0 N–H and O–H groups in total. The molecule has 5 heteroatoms. The molecule has 4 nitrogen and oxygen atoms in total. The van der Waals surface area contributed by atoms with Gasteiger partial charge in [0.1, 0.15) is 22.5 Å². The third-order valence-electron chi connectivity index (χ3n) is 14.5. The number of allylic oxidation sites excluding steroid dienone is 1. The van der Waals surface area contributed by atoms with Crippen molar-refractivity contribution in [2.24, 2.45) is 0 Å². The van der Waals surface area contributed by atoms with Crippen LogP contribution in [-0.4, -0.2) is 12.6 Å². The molecule has 0 spiro atoms. The van der Waals surface area contributed by atoms with Crippen LogP contribution in [0.3, 0.4) is 0 Å². The molecule has 5 aromatic carbocycles. The second-order valence-electron chi connectivity index (χ2n) is 21.0. The van der Waals surface area contributed by atoms with Gasteiger partial charge in [-0.25, -0.2) is 0 Å². The number of rotatable bonds is 6. The summed E-state index contributed by atoms with van der Waals surface area (Å²) in [4.78, 5) is 0. The third-order valence-corrected chi connectivity index (χ3v) is 16.5. The average molecular weight is 848 g/mol. The molecule has 5 heterocycles. The van der Waals surface area contributed by atoms with Gasteiger partial charge in [0, 0.05) is 44.6 Å². The van der Waals surface area contributed by atoms with Gasteiger partial charge in [0.2, 0.25) is 5.69 Å². The summed E-state index contributed by atoms with van der Waals surface area (Å²) in [6.45, 7) is 31.5. The molecule has 10 rings (SSSR count). The van der Waals surface area contributed by atoms with Gasteiger partial charge in [-0.15, -0.1) is 0 Å². The summed E-state index contributed by atoms with van der Waals surface area (Å²) in [6, 6.07) is 39.5. The summed E-state index contributed by atoms with van der Waals surface area (Å²) in [5.74, 6) is 2.91. The molecule has 2 unspecified atom stereocenters. The number of hydrogen-bond acceptors (Lipinski definition) is 1. The molecule has 8 aromatic rings. The van der Waals surface area contributed by atoms with Crippen LogP contribution in [-0.2, 0) is 6.42 Å². The van der Waals surface area contributed by atoms with Crippen molar-refractivity contribution in [2.45, 2.75) is 130 Å². The summed E-state index contributed by atoms with van der Waals surface area (Å²) in [5, 5.41) is 3.88. The van der Waals surface area contributed by atoms with E-state index >= 15 is 0 Å². The zero-order valence-electron chi connectivity index (χ0n) is 39.4. The fourth-order valence-corrected chi connectivity index (χ4v) is 13.0. The topological polar surface area (TPSA) is 25.8 Å². The van der Waals surface area contributed by atoms with E-state index in [0.717, 1.165) is 52.7 Å². The minimum Gasteiger partial charge on any atom is -0.455 e. The van der Waals surface area contributed by atoms with Crippen LogP contribution >= 0.6 is 0 Å². The number of pyridine rings is 1. The molecule has 320 valence electrons. The molecule has 2 atom stereocenters. The van der Waals surface area contributed by atoms with Crippen molar-refractivity contribution in [1.82, 2.24) is 4.57 Å². The lowest BCUT2D eigenvalue weighted by molar-refractivity contribution is -0.716. The quantitative estimate of drug-likeness (QED) is 0.121. The number of nitrogens with zero attached hydrogens (tertiary/aromatic N) is 3. The van der Waals surface area contributed by atoms with Gasteiger partial charge in [0.05, 0.1) is 14.5 Å². The largest absolute Gasteiger partial charge is 0.455 e. The molecule has 0 radical (unpaired) electrons. The van der Waals surface area contributed by atoms with Gasteiger partial charge in [0.15, 0.2) is 28.9 Å². The number of aromatic nitrogens is 3. The van der Waals surface area contributed by atoms with E-state index in [0.29, 0.717) is 23.7 Å². The zero-order chi connectivity index (χ0) is 44.2. The van der Waals surface area contributed by atoms with Crippen LogP contribution in [0, 0.1) is 0 Å². The monoisotopic (exact) mass is 847 g/mol. The summed E-state index contributed by atoms with van der Waals surface area (Å²) >= 11 is 0. The van der Waals surface area contributed by atoms with Crippen molar-refractivity contribution < 1.29 is 13.6 Å². The maximum absolute atomic E-state index is 7.12. The molecule has 3 aromatic heterocycles. The molecule has 2 aliphatic rings. The standard InChI is InChI=1S/C58H65N3OSi/c1-34(2)40-26-28-44-48(31-40)43-27-24-39-25-29-46-45-18-13-16-23-53(45)62-57(46)55(39)58-60(38(9)30-51(43)59-33-54(63(10,11)12)47(37(7)8)32-52(44)59)49-21-14-15-22-50(49)61(58)56-41(35(3)4)19-17-20-42(56)36(5)6/h13-23,25-26,28-29,31-37,43,51H,9,24,27,30H2,1-8,10-12H3/q+2. The van der Waals surface area contributed by atoms with Crippen molar-refractivity contribution in [3.05, 3.63) is 149 Å². The Bertz CT molecular complexity index is 3100. The van der Waals surface area contributed by atoms with E-state index in [4.69, 9.17) is 11.0 Å². The zero-order valence-corrected chi connectivity index (χ0v) is 40.4. The third kappa shape index (κ3) is 6.59. The Morgan fingerprint density at radius 1 is 0.714 bits per heavy atom. The van der Waals surface area contributed by atoms with Gasteiger partial charge >= 0.3 is 5.82 Å². The number of aryl methyl sites for hydroxylation is 1. The van der Waals surface area contributed by atoms with Crippen LogP contribution in [0.1, 0.15) is 137 Å². The summed E-state index contributed by atoms with van der Waals surface area (Å²) in [7, 11) is -1.74. The number of imidazole rings is 1. The Balaban J connectivity index is 1.34. The normalized spacial score (nSPS) is 16.6. The highest BCUT2D eigenvalue weighted by molar-refractivity contribution is 6.89. The van der Waals surface area contributed by atoms with Gasteiger partial charge in [-0.05, 0) is 83.0 Å². The maximum Gasteiger partial charge on any atom is 0.304 e. The first-order valence-corrected chi connectivity index (χ1v) is 27.2. The minimum atomic E-state index is -1.74. The van der Waals surface area contributed by atoms with Crippen LogP contribution < -0.4 is 14.3 Å². The molecule has 63 heavy (non-hydrogen) atoms. The maximum atomic E-state index is 7.12. The first-order valence-electron chi connectivity index (χ1n) is 23.7. The van der Waals surface area contributed by atoms with Gasteiger partial charge in [-0.1, -0.05) is 154 Å². The lowest BCUT2D eigenvalue weighted by Crippen LogP contribution is -2.54. The van der Waals surface area contributed by atoms with E-state index in [1.165, 1.54) is 66.9 Å². The van der Waals surface area contributed by atoms with E-state index in [-0.39, 0.29) is 12.0 Å². The van der Waals surface area contributed by atoms with Crippen LogP contribution in [0.25, 0.3) is 67.0 Å². The molecule has 0 saturated carbocycles. The van der Waals surface area contributed by atoms with Crippen molar-refractivity contribution in [2.75, 3.05) is 0 Å². The molecule has 0 bridgehead atoms. The Hall–Kier alpha value is -5.52. The number of para-hydroxylation sites is 4. The number of fused-ring (bicyclic) bond motifs is 15. The van der Waals surface area contributed by atoms with Crippen LogP contribution in [0.2, 0.25) is 19.6 Å². The molecule has 0 saturated heterocycles. The molecular weight excluding hydrogens is 783 g/mol. The first kappa shape index (κ1) is 41.5. The van der Waals surface area contributed by atoms with Crippen molar-refractivity contribution in [3.8, 4) is 28.3 Å². The molecule has 0 amide bonds. The van der Waals surface area contributed by atoms with E-state index in [9.17, 15) is 0 Å². The molecule has 2 aliphatic heterocycles. The minimum absolute atomic E-state index is 0.173. The predicted octanol–water partition coefficient (Wildman–Crippen LogP) is 14.6. The molecule has 0 aliphatic carbocycles. The van der Waals surface area contributed by atoms with Gasteiger partial charge in [0.25, 0.3) is 0 Å². The van der Waals surface area contributed by atoms with E-state index in [2.05, 4.69) is 198 Å². The van der Waals surface area contributed by atoms with E-state index < -0.39 is 8.07 Å². The molecular formula is C58H65N3OSi+2. The summed E-state index contributed by atoms with van der Waals surface area (Å²) in [5.41, 5.74) is 18.9. The number of furan rings is 1. The summed E-state index contributed by atoms with van der Waals surface area (Å²) < 4.78 is 15.0. The van der Waals surface area contributed by atoms with Crippen molar-refractivity contribution in [3.63, 3.8) is 0 Å². The first-order chi connectivity index (χ1) is 30.1. The van der Waals surface area contributed by atoms with Gasteiger partial charge in [-0.3, -0.25) is 0 Å². The average Bonchev–Trinajstić information content (AvgIpc) is 3.80. The van der Waals surface area contributed by atoms with Crippen LogP contribution in [0.15, 0.2) is 120 Å². The second kappa shape index (κ2) is 15.3. The Morgan fingerprint density at radius 3 is 2.11 bits per heavy atom. The Labute approximate surface area is 375 Å². The second-order valence-corrected chi connectivity index (χ2v) is 26.0. The SMILES string of the molecule is C=C1CC2C(CCc3ccc4c(oc5ccccc54)c3-c3n1c1ccccc1[n+]3-c1c(C(C)C)cccc1C(C)C)c1cc(C(C)C)ccc1-c1cc(C(C)C)c([Si](C)(C)C)c[n+]12. The van der Waals surface area contributed by atoms with Gasteiger partial charge < -0.3 is 4.42 Å². The predicted molar refractivity (Wildman–Crippen MR) is 268 cm³/mol. The Kier molecular flexibility index (Phi) is 10.1. The lowest BCUT2D eigenvalue weighted by Gasteiger charge is -2.34.